The number of rotatable bonds is 36. The fraction of sp³-hybridized carbons (Fsp3) is 0.756. The summed E-state index contributed by atoms with van der Waals surface area (Å²) in [5, 5.41) is 0. The summed E-state index contributed by atoms with van der Waals surface area (Å²) in [7, 11) is -5.02. The first-order valence-corrected chi connectivity index (χ1v) is 21.4. The van der Waals surface area contributed by atoms with Crippen LogP contribution in [-0.4, -0.2) is 36.1 Å². The average Bonchev–Trinajstić information content (AvgIpc) is 3.08. The van der Waals surface area contributed by atoms with Crippen molar-refractivity contribution < 1.29 is 37.9 Å². The van der Waals surface area contributed by atoms with Gasteiger partial charge in [-0.05, 0) is 51.4 Å². The third kappa shape index (κ3) is 42.3. The predicted octanol–water partition coefficient (Wildman–Crippen LogP) is 11.7. The molecule has 0 aromatic heterocycles. The van der Waals surface area contributed by atoms with Crippen molar-refractivity contribution in [3.63, 3.8) is 0 Å². The number of quaternary nitrogens is 1. The molecule has 0 heterocycles. The molecule has 0 rings (SSSR count). The molecule has 10 heteroatoms. The second-order valence-electron chi connectivity index (χ2n) is 13.2. The molecule has 0 fully saturated rings. The molecular weight excluding hydrogens is 665 g/mol. The summed E-state index contributed by atoms with van der Waals surface area (Å²) < 4.78 is 26.0. The molecule has 0 aromatic rings. The Morgan fingerprint density at radius 2 is 0.961 bits per heavy atom. The van der Waals surface area contributed by atoms with Crippen molar-refractivity contribution in [2.24, 2.45) is 0 Å². The molecule has 0 aliphatic heterocycles. The van der Waals surface area contributed by atoms with E-state index >= 15 is 0 Å². The Bertz CT molecular complexity index is 959. The lowest BCUT2D eigenvalue weighted by Gasteiger charge is -2.21. The lowest BCUT2D eigenvalue weighted by molar-refractivity contribution is -0.223. The largest absolute Gasteiger partial charge is 0.756 e. The van der Waals surface area contributed by atoms with Crippen molar-refractivity contribution in [2.75, 3.05) is 13.2 Å². The van der Waals surface area contributed by atoms with Crippen molar-refractivity contribution in [3.05, 3.63) is 48.6 Å². The van der Waals surface area contributed by atoms with E-state index < -0.39 is 32.5 Å². The SMILES string of the molecule is CCCCC/C=C\C/C=C\C/C=C\C/C=C\CCCC(=O)O[C@H](COC(=O)CCCCCCCCCCCCCCCCC)COP(=O)([O-])O.[NH4+]. The zero-order valence-corrected chi connectivity index (χ0v) is 33.6. The summed E-state index contributed by atoms with van der Waals surface area (Å²) in [4.78, 5) is 44.6. The minimum Gasteiger partial charge on any atom is -0.756 e. The van der Waals surface area contributed by atoms with Crippen LogP contribution in [0.2, 0.25) is 0 Å². The predicted molar refractivity (Wildman–Crippen MR) is 211 cm³/mol. The number of phosphoric acid groups is 1. The summed E-state index contributed by atoms with van der Waals surface area (Å²) in [6, 6.07) is 0. The van der Waals surface area contributed by atoms with Gasteiger partial charge in [0.2, 0.25) is 0 Å². The van der Waals surface area contributed by atoms with Gasteiger partial charge in [0.15, 0.2) is 6.10 Å². The highest BCUT2D eigenvalue weighted by molar-refractivity contribution is 7.44. The van der Waals surface area contributed by atoms with E-state index in [1.165, 1.54) is 103 Å². The number of hydrogen-bond donors (Lipinski definition) is 2. The molecule has 0 aromatic carbocycles. The quantitative estimate of drug-likeness (QED) is 0.0278. The Hall–Kier alpha value is -2.03. The van der Waals surface area contributed by atoms with Crippen molar-refractivity contribution >= 4 is 19.8 Å². The summed E-state index contributed by atoms with van der Waals surface area (Å²) in [6.45, 7) is 3.52. The van der Waals surface area contributed by atoms with Gasteiger partial charge >= 0.3 is 11.9 Å². The Balaban J connectivity index is 0. The van der Waals surface area contributed by atoms with Crippen LogP contribution in [0.25, 0.3) is 0 Å². The molecule has 9 nitrogen and oxygen atoms in total. The van der Waals surface area contributed by atoms with Crippen LogP contribution in [0.15, 0.2) is 48.6 Å². The van der Waals surface area contributed by atoms with Crippen LogP contribution >= 0.6 is 7.82 Å². The van der Waals surface area contributed by atoms with Crippen LogP contribution in [0.1, 0.15) is 181 Å². The van der Waals surface area contributed by atoms with E-state index in [4.69, 9.17) is 14.4 Å². The molecule has 5 N–H and O–H groups in total. The van der Waals surface area contributed by atoms with Gasteiger partial charge < -0.3 is 29.9 Å². The average molecular weight is 742 g/mol. The number of phosphoric ester groups is 1. The number of allylic oxidation sites excluding steroid dienone is 8. The molecule has 0 bridgehead atoms. The van der Waals surface area contributed by atoms with Gasteiger partial charge in [0, 0.05) is 12.8 Å². The molecule has 51 heavy (non-hydrogen) atoms. The maximum atomic E-state index is 12.3. The molecule has 0 amide bonds. The molecule has 0 aliphatic rings. The first-order chi connectivity index (χ1) is 24.3. The topological polar surface area (TPSA) is 159 Å². The van der Waals surface area contributed by atoms with Gasteiger partial charge in [0.1, 0.15) is 6.61 Å². The monoisotopic (exact) mass is 742 g/mol. The molecule has 0 spiro atoms. The van der Waals surface area contributed by atoms with Crippen molar-refractivity contribution in [3.8, 4) is 0 Å². The third-order valence-electron chi connectivity index (χ3n) is 8.35. The summed E-state index contributed by atoms with van der Waals surface area (Å²) in [5.74, 6) is -0.984. The van der Waals surface area contributed by atoms with E-state index in [-0.39, 0.29) is 25.6 Å². The fourth-order valence-corrected chi connectivity index (χ4v) is 5.72. The van der Waals surface area contributed by atoms with E-state index in [0.29, 0.717) is 19.3 Å². The van der Waals surface area contributed by atoms with Crippen molar-refractivity contribution in [1.82, 2.24) is 6.15 Å². The Morgan fingerprint density at radius 1 is 0.569 bits per heavy atom. The summed E-state index contributed by atoms with van der Waals surface area (Å²) in [6.07, 6.45) is 43.8. The molecule has 0 saturated heterocycles. The normalized spacial score (nSPS) is 13.6. The van der Waals surface area contributed by atoms with Crippen LogP contribution in [0.4, 0.5) is 0 Å². The zero-order valence-electron chi connectivity index (χ0n) is 32.7. The second kappa shape index (κ2) is 39.2. The molecule has 0 aliphatic carbocycles. The molecule has 2 atom stereocenters. The van der Waals surface area contributed by atoms with E-state index in [1.54, 1.807) is 0 Å². The molecule has 0 saturated carbocycles. The van der Waals surface area contributed by atoms with Gasteiger partial charge in [0.25, 0.3) is 7.82 Å². The van der Waals surface area contributed by atoms with Gasteiger partial charge in [-0.1, -0.05) is 165 Å². The highest BCUT2D eigenvalue weighted by atomic mass is 31.2. The van der Waals surface area contributed by atoms with Crippen LogP contribution in [-0.2, 0) is 28.2 Å². The van der Waals surface area contributed by atoms with Gasteiger partial charge in [-0.2, -0.15) is 0 Å². The van der Waals surface area contributed by atoms with Crippen LogP contribution in [0.5, 0.6) is 0 Å². The van der Waals surface area contributed by atoms with E-state index in [2.05, 4.69) is 54.8 Å². The van der Waals surface area contributed by atoms with Gasteiger partial charge in [0.05, 0.1) is 6.61 Å². The van der Waals surface area contributed by atoms with E-state index in [9.17, 15) is 19.0 Å². The van der Waals surface area contributed by atoms with Crippen LogP contribution in [0.3, 0.4) is 0 Å². The second-order valence-corrected chi connectivity index (χ2v) is 14.4. The molecular formula is C41H76NO8P. The molecule has 1 unspecified atom stereocenters. The fourth-order valence-electron chi connectivity index (χ4n) is 5.36. The van der Waals surface area contributed by atoms with Crippen molar-refractivity contribution in [1.29, 1.82) is 0 Å². The maximum Gasteiger partial charge on any atom is 0.306 e. The Kier molecular flexibility index (Phi) is 39.2. The lowest BCUT2D eigenvalue weighted by atomic mass is 10.0. The Morgan fingerprint density at radius 3 is 1.43 bits per heavy atom. The highest BCUT2D eigenvalue weighted by Crippen LogP contribution is 2.30. The number of carbonyl (C=O) groups is 2. The number of carbonyl (C=O) groups excluding carboxylic acids is 2. The minimum absolute atomic E-state index is 0. The van der Waals surface area contributed by atoms with E-state index in [0.717, 1.165) is 32.1 Å². The molecule has 298 valence electrons. The number of ether oxygens (including phenoxy) is 2. The maximum absolute atomic E-state index is 12.3. The third-order valence-corrected chi connectivity index (χ3v) is 8.82. The lowest BCUT2D eigenvalue weighted by Crippen LogP contribution is -2.30. The van der Waals surface area contributed by atoms with Gasteiger partial charge in [-0.25, -0.2) is 0 Å². The first kappa shape index (κ1) is 51.1. The number of hydrogen-bond acceptors (Lipinski definition) is 7. The summed E-state index contributed by atoms with van der Waals surface area (Å²) in [5.41, 5.74) is 0. The van der Waals surface area contributed by atoms with Crippen LogP contribution in [0, 0.1) is 0 Å². The Labute approximate surface area is 312 Å². The van der Waals surface area contributed by atoms with Gasteiger partial charge in [-0.3, -0.25) is 14.2 Å². The van der Waals surface area contributed by atoms with Crippen LogP contribution < -0.4 is 11.0 Å². The highest BCUT2D eigenvalue weighted by Gasteiger charge is 2.19. The minimum atomic E-state index is -5.02. The van der Waals surface area contributed by atoms with Crippen molar-refractivity contribution in [2.45, 2.75) is 187 Å². The zero-order chi connectivity index (χ0) is 36.8. The summed E-state index contributed by atoms with van der Waals surface area (Å²) >= 11 is 0. The van der Waals surface area contributed by atoms with E-state index in [1.807, 2.05) is 12.2 Å². The number of unbranched alkanes of at least 4 members (excludes halogenated alkanes) is 18. The van der Waals surface area contributed by atoms with Gasteiger partial charge in [-0.15, -0.1) is 0 Å². The smallest absolute Gasteiger partial charge is 0.306 e. The number of esters is 2. The molecule has 0 radical (unpaired) electrons. The first-order valence-electron chi connectivity index (χ1n) is 19.9. The standard InChI is InChI=1S/C41H73O8P.H3N/c1-3-5-7-9-11-13-15-17-19-20-22-24-26-28-30-32-34-36-41(43)49-39(38-48-50(44,45)46)37-47-40(42)35-33-31-29-27-25-23-21-18-16-14-12-10-8-6-4-2;/h11,13,17,19,22,24,28,30,39H,3-10,12,14-16,18,20-21,23,25-27,29,31-38H2,1-2H3,(H2,44,45,46);1H3/b13-11-,19-17-,24-22-,30-28-;/t39-;/m1./s1.